The number of nitrogens with one attached hydrogen (secondary N) is 1. The van der Waals surface area contributed by atoms with Crippen LogP contribution in [0.4, 0.5) is 0 Å². The van der Waals surface area contributed by atoms with E-state index in [-0.39, 0.29) is 28.3 Å². The molecule has 1 fully saturated rings. The van der Waals surface area contributed by atoms with Gasteiger partial charge in [-0.2, -0.15) is 0 Å². The van der Waals surface area contributed by atoms with Gasteiger partial charge in [0.15, 0.2) is 12.7 Å². The molecule has 1 aromatic carbocycles. The minimum atomic E-state index is -1.91. The molecule has 3 atom stereocenters. The van der Waals surface area contributed by atoms with Gasteiger partial charge in [-0.25, -0.2) is 4.98 Å². The van der Waals surface area contributed by atoms with Gasteiger partial charge in [0.25, 0.3) is 0 Å². The quantitative estimate of drug-likeness (QED) is 0.329. The third-order valence-corrected chi connectivity index (χ3v) is 14.0. The summed E-state index contributed by atoms with van der Waals surface area (Å²) < 4.78 is 8.82. The van der Waals surface area contributed by atoms with Gasteiger partial charge in [0.2, 0.25) is 5.91 Å². The minimum Gasteiger partial charge on any atom is -0.413 e. The van der Waals surface area contributed by atoms with Gasteiger partial charge in [0.1, 0.15) is 0 Å². The fraction of sp³-hybridized carbons (Fsp3) is 0.579. The number of hydrogen-bond donors (Lipinski definition) is 1. The highest BCUT2D eigenvalue weighted by Crippen LogP contribution is 2.45. The minimum absolute atomic E-state index is 0.0203. The van der Waals surface area contributed by atoms with Crippen molar-refractivity contribution in [1.29, 1.82) is 0 Å². The summed E-state index contributed by atoms with van der Waals surface area (Å²) in [7, 11) is 1.43. The van der Waals surface area contributed by atoms with E-state index in [4.69, 9.17) is 4.43 Å². The first-order valence-corrected chi connectivity index (χ1v) is 15.2. The summed E-state index contributed by atoms with van der Waals surface area (Å²) >= 11 is 1.70. The van der Waals surface area contributed by atoms with Crippen LogP contribution in [-0.4, -0.2) is 30.7 Å². The number of fused-ring (bicyclic) bond motifs is 1. The summed E-state index contributed by atoms with van der Waals surface area (Å²) in [4.78, 5) is 17.0. The molecule has 0 saturated carbocycles. The van der Waals surface area contributed by atoms with Crippen LogP contribution >= 0.6 is 32.9 Å². The van der Waals surface area contributed by atoms with Crippen LogP contribution in [0.15, 0.2) is 28.6 Å². The molecule has 0 aliphatic carbocycles. The van der Waals surface area contributed by atoms with Crippen LogP contribution in [0.5, 0.6) is 0 Å². The second kappa shape index (κ2) is 8.06. The normalized spacial score (nSPS) is 21.8. The molecule has 1 unspecified atom stereocenters. The van der Waals surface area contributed by atoms with Crippen molar-refractivity contribution in [1.82, 2.24) is 10.3 Å². The number of benzene rings is 1. The number of para-hydroxylation sites is 1. The average molecular weight is 441 g/mol. The molecule has 2 aromatic rings. The van der Waals surface area contributed by atoms with E-state index in [1.54, 1.807) is 32.9 Å². The Kier molecular flexibility index (Phi) is 6.32. The lowest BCUT2D eigenvalue weighted by molar-refractivity contribution is -0.137. The number of hydrogen-bond acceptors (Lipinski definition) is 6. The SMILES string of the molecule is CCC(O[Si](C)(C)C(C)(C)C)[C@@H]1C(=O)N[C@@H]1SSc1nc2ccccc2s1. The van der Waals surface area contributed by atoms with Crippen LogP contribution in [0.25, 0.3) is 10.2 Å². The number of β-lactam (4-membered cyclic amide) rings is 1. The second-order valence-electron chi connectivity index (χ2n) is 8.41. The summed E-state index contributed by atoms with van der Waals surface area (Å²) in [6.45, 7) is 13.3. The van der Waals surface area contributed by atoms with Crippen molar-refractivity contribution in [3.8, 4) is 0 Å². The molecular formula is C19H28N2O2S3Si. The summed E-state index contributed by atoms with van der Waals surface area (Å²) in [5.41, 5.74) is 1.03. The molecule has 27 heavy (non-hydrogen) atoms. The smallest absolute Gasteiger partial charge is 0.229 e. The van der Waals surface area contributed by atoms with Gasteiger partial charge in [-0.15, -0.1) is 11.3 Å². The topological polar surface area (TPSA) is 51.2 Å². The Balaban J connectivity index is 1.65. The van der Waals surface area contributed by atoms with Crippen LogP contribution in [0.1, 0.15) is 34.1 Å². The molecule has 0 radical (unpaired) electrons. The number of thiazole rings is 1. The van der Waals surface area contributed by atoms with E-state index in [1.807, 2.05) is 18.2 Å². The largest absolute Gasteiger partial charge is 0.413 e. The van der Waals surface area contributed by atoms with Crippen molar-refractivity contribution in [3.63, 3.8) is 0 Å². The third kappa shape index (κ3) is 4.55. The van der Waals surface area contributed by atoms with Gasteiger partial charge in [-0.1, -0.05) is 50.6 Å². The molecular weight excluding hydrogens is 413 g/mol. The number of carbonyl (C=O) groups is 1. The molecule has 1 saturated heterocycles. The summed E-state index contributed by atoms with van der Waals surface area (Å²) in [6, 6.07) is 8.18. The zero-order chi connectivity index (χ0) is 19.8. The van der Waals surface area contributed by atoms with Crippen molar-refractivity contribution in [3.05, 3.63) is 24.3 Å². The Hall–Kier alpha value is -0.543. The third-order valence-electron chi connectivity index (χ3n) is 5.47. The van der Waals surface area contributed by atoms with Gasteiger partial charge in [0.05, 0.1) is 27.6 Å². The first kappa shape index (κ1) is 21.2. The highest BCUT2D eigenvalue weighted by molar-refractivity contribution is 8.77. The van der Waals surface area contributed by atoms with E-state index in [2.05, 4.69) is 57.2 Å². The predicted octanol–water partition coefficient (Wildman–Crippen LogP) is 5.91. The van der Waals surface area contributed by atoms with E-state index in [9.17, 15) is 4.79 Å². The van der Waals surface area contributed by atoms with Gasteiger partial charge < -0.3 is 9.74 Å². The maximum Gasteiger partial charge on any atom is 0.229 e. The Morgan fingerprint density at radius 2 is 2.04 bits per heavy atom. The number of rotatable bonds is 7. The van der Waals surface area contributed by atoms with Gasteiger partial charge in [-0.3, -0.25) is 4.79 Å². The van der Waals surface area contributed by atoms with Crippen molar-refractivity contribution >= 4 is 57.4 Å². The molecule has 4 nitrogen and oxygen atoms in total. The van der Waals surface area contributed by atoms with Crippen LogP contribution in [0, 0.1) is 5.92 Å². The van der Waals surface area contributed by atoms with Crippen LogP contribution in [0.2, 0.25) is 18.1 Å². The van der Waals surface area contributed by atoms with Gasteiger partial charge >= 0.3 is 0 Å². The van der Waals surface area contributed by atoms with Crippen molar-refractivity contribution in [2.45, 2.75) is 68.1 Å². The highest BCUT2D eigenvalue weighted by atomic mass is 33.1. The molecule has 3 rings (SSSR count). The summed E-state index contributed by atoms with van der Waals surface area (Å²) in [5, 5.41) is 3.26. The first-order chi connectivity index (χ1) is 12.6. The maximum absolute atomic E-state index is 12.3. The Morgan fingerprint density at radius 1 is 1.33 bits per heavy atom. The Labute approximate surface area is 174 Å². The summed E-state index contributed by atoms with van der Waals surface area (Å²) in [6.07, 6.45) is 0.834. The van der Waals surface area contributed by atoms with Crippen LogP contribution in [0.3, 0.4) is 0 Å². The van der Waals surface area contributed by atoms with E-state index in [0.717, 1.165) is 16.3 Å². The lowest BCUT2D eigenvalue weighted by Crippen LogP contribution is -2.62. The molecule has 0 spiro atoms. The number of amides is 1. The molecule has 0 bridgehead atoms. The zero-order valence-electron chi connectivity index (χ0n) is 16.7. The molecule has 2 heterocycles. The van der Waals surface area contributed by atoms with Crippen molar-refractivity contribution in [2.75, 3.05) is 0 Å². The van der Waals surface area contributed by atoms with E-state index < -0.39 is 8.32 Å². The monoisotopic (exact) mass is 440 g/mol. The Bertz CT molecular complexity index is 786. The van der Waals surface area contributed by atoms with E-state index >= 15 is 0 Å². The highest BCUT2D eigenvalue weighted by Gasteiger charge is 2.48. The fourth-order valence-electron chi connectivity index (χ4n) is 2.76. The Morgan fingerprint density at radius 3 is 2.63 bits per heavy atom. The summed E-state index contributed by atoms with van der Waals surface area (Å²) in [5.74, 6) is 0.0268. The predicted molar refractivity (Wildman–Crippen MR) is 121 cm³/mol. The second-order valence-corrected chi connectivity index (χ2v) is 16.8. The van der Waals surface area contributed by atoms with Crippen molar-refractivity contribution in [2.24, 2.45) is 5.92 Å². The lowest BCUT2D eigenvalue weighted by Gasteiger charge is -2.45. The lowest BCUT2D eigenvalue weighted by atomic mass is 9.93. The van der Waals surface area contributed by atoms with E-state index in [1.165, 1.54) is 4.70 Å². The average Bonchev–Trinajstić information content (AvgIpc) is 2.99. The first-order valence-electron chi connectivity index (χ1n) is 9.29. The van der Waals surface area contributed by atoms with Crippen LogP contribution < -0.4 is 5.32 Å². The maximum atomic E-state index is 12.3. The van der Waals surface area contributed by atoms with Gasteiger partial charge in [-0.05, 0) is 47.5 Å². The molecule has 1 aliphatic rings. The number of aromatic nitrogens is 1. The molecule has 1 amide bonds. The van der Waals surface area contributed by atoms with Crippen LogP contribution in [-0.2, 0) is 9.22 Å². The number of carbonyl (C=O) groups excluding carboxylic acids is 1. The van der Waals surface area contributed by atoms with Gasteiger partial charge in [0, 0.05) is 0 Å². The standard InChI is InChI=1S/C19H28N2O2S3Si/c1-7-13(23-27(5,6)19(2,3)4)15-16(22)21-17(15)25-26-18-20-12-10-8-9-11-14(12)24-18/h8-11,13,15,17H,7H2,1-6H3,(H,21,22)/t13?,15-,17-/m1/s1. The molecule has 1 aromatic heterocycles. The van der Waals surface area contributed by atoms with Crippen molar-refractivity contribution < 1.29 is 9.22 Å². The molecule has 1 N–H and O–H groups in total. The number of nitrogens with zero attached hydrogens (tertiary/aromatic N) is 1. The molecule has 8 heteroatoms. The fourth-order valence-corrected chi connectivity index (χ4v) is 8.02. The molecule has 1 aliphatic heterocycles. The van der Waals surface area contributed by atoms with E-state index in [0.29, 0.717) is 0 Å². The molecule has 148 valence electrons. The zero-order valence-corrected chi connectivity index (χ0v) is 20.2.